The van der Waals surface area contributed by atoms with Gasteiger partial charge in [0.2, 0.25) is 0 Å². The average Bonchev–Trinajstić information content (AvgIpc) is 2.53. The second-order valence-electron chi connectivity index (χ2n) is 4.84. The van der Waals surface area contributed by atoms with Crippen LogP contribution in [0, 0.1) is 17.0 Å². The van der Waals surface area contributed by atoms with Gasteiger partial charge >= 0.3 is 0 Å². The predicted molar refractivity (Wildman–Crippen MR) is 85.9 cm³/mol. The summed E-state index contributed by atoms with van der Waals surface area (Å²) in [6.07, 6.45) is 0. The number of sulfonamides is 1. The summed E-state index contributed by atoms with van der Waals surface area (Å²) in [7, 11) is -4.02. The van der Waals surface area contributed by atoms with Gasteiger partial charge in [0.05, 0.1) is 28.7 Å². The van der Waals surface area contributed by atoms with Gasteiger partial charge in [0, 0.05) is 11.6 Å². The third-order valence-electron chi connectivity index (χ3n) is 3.31. The molecule has 122 valence electrons. The fraction of sp³-hybridized carbons (Fsp3) is 0.200. The highest BCUT2D eigenvalue weighted by atomic mass is 32.2. The first-order chi connectivity index (χ1) is 10.9. The van der Waals surface area contributed by atoms with E-state index in [9.17, 15) is 23.6 Å². The molecule has 0 amide bonds. The van der Waals surface area contributed by atoms with Crippen LogP contribution in [0.2, 0.25) is 0 Å². The molecule has 0 bridgehead atoms. The SMILES string of the molecule is Cc1ccc(S(=O)(=O)N(CCO)c2ccccc2)cc1[N+](=O)[O-]. The molecule has 1 N–H and O–H groups in total. The fourth-order valence-electron chi connectivity index (χ4n) is 2.15. The minimum Gasteiger partial charge on any atom is -0.394 e. The van der Waals surface area contributed by atoms with E-state index in [1.54, 1.807) is 30.3 Å². The third kappa shape index (κ3) is 3.49. The van der Waals surface area contributed by atoms with Crippen LogP contribution < -0.4 is 4.31 Å². The van der Waals surface area contributed by atoms with Crippen molar-refractivity contribution in [3.05, 3.63) is 64.2 Å². The molecule has 0 saturated heterocycles. The first kappa shape index (κ1) is 16.9. The molecule has 0 atom stereocenters. The van der Waals surface area contributed by atoms with E-state index in [4.69, 9.17) is 0 Å². The van der Waals surface area contributed by atoms with Crippen LogP contribution in [0.15, 0.2) is 53.4 Å². The molecule has 0 spiro atoms. The monoisotopic (exact) mass is 336 g/mol. The molecule has 2 rings (SSSR count). The van der Waals surface area contributed by atoms with E-state index in [-0.39, 0.29) is 23.7 Å². The maximum Gasteiger partial charge on any atom is 0.273 e. The maximum absolute atomic E-state index is 12.8. The Hall–Kier alpha value is -2.45. The molecule has 0 saturated carbocycles. The number of hydrogen-bond acceptors (Lipinski definition) is 5. The van der Waals surface area contributed by atoms with Gasteiger partial charge in [-0.25, -0.2) is 8.42 Å². The van der Waals surface area contributed by atoms with Crippen LogP contribution in [0.1, 0.15) is 5.56 Å². The molecule has 0 aliphatic carbocycles. The number of hydrogen-bond donors (Lipinski definition) is 1. The number of benzene rings is 2. The topological polar surface area (TPSA) is 101 Å². The highest BCUT2D eigenvalue weighted by molar-refractivity contribution is 7.92. The van der Waals surface area contributed by atoms with Crippen LogP contribution in [-0.2, 0) is 10.0 Å². The maximum atomic E-state index is 12.8. The van der Waals surface area contributed by atoms with Crippen LogP contribution in [0.25, 0.3) is 0 Å². The number of nitrogens with zero attached hydrogens (tertiary/aromatic N) is 2. The van der Waals surface area contributed by atoms with Gasteiger partial charge in [-0.05, 0) is 25.1 Å². The normalized spacial score (nSPS) is 11.2. The molecule has 0 unspecified atom stereocenters. The summed E-state index contributed by atoms with van der Waals surface area (Å²) in [5.74, 6) is 0. The van der Waals surface area contributed by atoms with E-state index < -0.39 is 14.9 Å². The quantitative estimate of drug-likeness (QED) is 0.643. The van der Waals surface area contributed by atoms with E-state index in [1.165, 1.54) is 19.1 Å². The van der Waals surface area contributed by atoms with Gasteiger partial charge in [0.25, 0.3) is 15.7 Å². The first-order valence-electron chi connectivity index (χ1n) is 6.81. The smallest absolute Gasteiger partial charge is 0.273 e. The van der Waals surface area contributed by atoms with E-state index in [0.29, 0.717) is 11.3 Å². The molecule has 23 heavy (non-hydrogen) atoms. The molecule has 8 heteroatoms. The molecule has 0 aliphatic rings. The Morgan fingerprint density at radius 1 is 1.17 bits per heavy atom. The Labute approximate surface area is 134 Å². The predicted octanol–water partition coefficient (Wildman–Crippen LogP) is 2.09. The van der Waals surface area contributed by atoms with Crippen LogP contribution in [-0.4, -0.2) is 31.6 Å². The molecule has 0 aliphatic heterocycles. The van der Waals surface area contributed by atoms with Gasteiger partial charge in [0.1, 0.15) is 0 Å². The van der Waals surface area contributed by atoms with Crippen LogP contribution in [0.3, 0.4) is 0 Å². The van der Waals surface area contributed by atoms with E-state index in [1.807, 2.05) is 0 Å². The van der Waals surface area contributed by atoms with Crippen molar-refractivity contribution >= 4 is 21.4 Å². The lowest BCUT2D eigenvalue weighted by Crippen LogP contribution is -2.33. The fourth-order valence-corrected chi connectivity index (χ4v) is 3.62. The zero-order chi connectivity index (χ0) is 17.0. The minimum atomic E-state index is -4.02. The van der Waals surface area contributed by atoms with Crippen molar-refractivity contribution in [1.29, 1.82) is 0 Å². The molecular formula is C15H16N2O5S. The van der Waals surface area contributed by atoms with Crippen LogP contribution in [0.5, 0.6) is 0 Å². The first-order valence-corrected chi connectivity index (χ1v) is 8.25. The number of para-hydroxylation sites is 1. The average molecular weight is 336 g/mol. The molecule has 2 aromatic carbocycles. The number of rotatable bonds is 6. The highest BCUT2D eigenvalue weighted by Crippen LogP contribution is 2.27. The summed E-state index contributed by atoms with van der Waals surface area (Å²) in [6.45, 7) is 1.02. The Morgan fingerprint density at radius 3 is 2.39 bits per heavy atom. The number of aliphatic hydroxyl groups is 1. The van der Waals surface area contributed by atoms with E-state index in [2.05, 4.69) is 0 Å². The third-order valence-corrected chi connectivity index (χ3v) is 5.14. The van der Waals surface area contributed by atoms with Gasteiger partial charge in [-0.1, -0.05) is 24.3 Å². The summed E-state index contributed by atoms with van der Waals surface area (Å²) in [5, 5.41) is 20.2. The zero-order valence-electron chi connectivity index (χ0n) is 12.4. The molecule has 0 radical (unpaired) electrons. The number of aryl methyl sites for hydroxylation is 1. The Morgan fingerprint density at radius 2 is 1.83 bits per heavy atom. The molecule has 7 nitrogen and oxygen atoms in total. The molecule has 2 aromatic rings. The standard InChI is InChI=1S/C15H16N2O5S/c1-12-7-8-14(11-15(12)17(19)20)23(21,22)16(9-10-18)13-5-3-2-4-6-13/h2-8,11,18H,9-10H2,1H3. The number of anilines is 1. The minimum absolute atomic E-state index is 0.145. The number of aliphatic hydroxyl groups excluding tert-OH is 1. The number of nitro groups is 1. The Balaban J connectivity index is 2.55. The van der Waals surface area contributed by atoms with Gasteiger partial charge in [0.15, 0.2) is 0 Å². The molecular weight excluding hydrogens is 320 g/mol. The van der Waals surface area contributed by atoms with E-state index in [0.717, 1.165) is 10.4 Å². The highest BCUT2D eigenvalue weighted by Gasteiger charge is 2.26. The lowest BCUT2D eigenvalue weighted by atomic mass is 10.2. The second kappa shape index (κ2) is 6.76. The van der Waals surface area contributed by atoms with Crippen molar-refractivity contribution < 1.29 is 18.4 Å². The summed E-state index contributed by atoms with van der Waals surface area (Å²) < 4.78 is 26.6. The number of nitro benzene ring substituents is 1. The lowest BCUT2D eigenvalue weighted by Gasteiger charge is -2.23. The zero-order valence-corrected chi connectivity index (χ0v) is 13.2. The largest absolute Gasteiger partial charge is 0.394 e. The summed E-state index contributed by atoms with van der Waals surface area (Å²) in [5.41, 5.74) is 0.496. The molecule has 0 heterocycles. The molecule has 0 aromatic heterocycles. The summed E-state index contributed by atoms with van der Waals surface area (Å²) >= 11 is 0. The van der Waals surface area contributed by atoms with Gasteiger partial charge < -0.3 is 5.11 Å². The lowest BCUT2D eigenvalue weighted by molar-refractivity contribution is -0.385. The van der Waals surface area contributed by atoms with Crippen molar-refractivity contribution in [3.63, 3.8) is 0 Å². The summed E-state index contributed by atoms with van der Waals surface area (Å²) in [6, 6.07) is 12.0. The van der Waals surface area contributed by atoms with Crippen molar-refractivity contribution in [3.8, 4) is 0 Å². The van der Waals surface area contributed by atoms with Crippen molar-refractivity contribution in [2.75, 3.05) is 17.5 Å². The van der Waals surface area contributed by atoms with Gasteiger partial charge in [-0.2, -0.15) is 0 Å². The van der Waals surface area contributed by atoms with Crippen molar-refractivity contribution in [1.82, 2.24) is 0 Å². The van der Waals surface area contributed by atoms with Gasteiger partial charge in [-0.3, -0.25) is 14.4 Å². The second-order valence-corrected chi connectivity index (χ2v) is 6.70. The Bertz CT molecular complexity index is 806. The Kier molecular flexibility index (Phi) is 4.97. The van der Waals surface area contributed by atoms with Gasteiger partial charge in [-0.15, -0.1) is 0 Å². The van der Waals surface area contributed by atoms with Crippen LogP contribution in [0.4, 0.5) is 11.4 Å². The van der Waals surface area contributed by atoms with Crippen LogP contribution >= 0.6 is 0 Å². The van der Waals surface area contributed by atoms with Crippen molar-refractivity contribution in [2.24, 2.45) is 0 Å². The summed E-state index contributed by atoms with van der Waals surface area (Å²) in [4.78, 5) is 10.2. The van der Waals surface area contributed by atoms with E-state index >= 15 is 0 Å². The molecule has 0 fully saturated rings. The van der Waals surface area contributed by atoms with Crippen molar-refractivity contribution in [2.45, 2.75) is 11.8 Å².